The van der Waals surface area contributed by atoms with Crippen molar-refractivity contribution in [2.24, 2.45) is 11.8 Å². The van der Waals surface area contributed by atoms with Gasteiger partial charge in [-0.2, -0.15) is 5.10 Å². The van der Waals surface area contributed by atoms with Crippen LogP contribution in [0.4, 0.5) is 0 Å². The standard InChI is InChI=1S/C21H30N2O/c1-15(2)16(3)20(24)13-5-4-11-18-21(17-9-8-10-17)19-12-6-7-14-23(19)22-18/h6-7,12,14-17H,4-5,8-11,13H2,1-3H3/t16-/m0/s1. The Morgan fingerprint density at radius 1 is 1.25 bits per heavy atom. The minimum absolute atomic E-state index is 0.186. The van der Waals surface area contributed by atoms with Gasteiger partial charge in [-0.15, -0.1) is 0 Å². The number of rotatable bonds is 8. The van der Waals surface area contributed by atoms with Crippen molar-refractivity contribution in [2.75, 3.05) is 0 Å². The number of aryl methyl sites for hydroxylation is 1. The molecule has 1 fully saturated rings. The van der Waals surface area contributed by atoms with Crippen LogP contribution in [0.15, 0.2) is 24.4 Å². The molecule has 0 amide bonds. The smallest absolute Gasteiger partial charge is 0.135 e. The number of hydrogen-bond donors (Lipinski definition) is 0. The van der Waals surface area contributed by atoms with Crippen molar-refractivity contribution in [1.29, 1.82) is 0 Å². The second kappa shape index (κ2) is 7.50. The van der Waals surface area contributed by atoms with E-state index in [2.05, 4.69) is 39.1 Å². The van der Waals surface area contributed by atoms with Gasteiger partial charge >= 0.3 is 0 Å². The molecule has 0 saturated heterocycles. The predicted molar refractivity (Wildman–Crippen MR) is 98.3 cm³/mol. The highest BCUT2D eigenvalue weighted by Gasteiger charge is 2.26. The van der Waals surface area contributed by atoms with E-state index in [1.165, 1.54) is 36.0 Å². The number of nitrogens with zero attached hydrogens (tertiary/aromatic N) is 2. The Hall–Kier alpha value is -1.64. The number of hydrogen-bond acceptors (Lipinski definition) is 2. The lowest BCUT2D eigenvalue weighted by Crippen LogP contribution is -2.16. The van der Waals surface area contributed by atoms with Crippen LogP contribution in [0.3, 0.4) is 0 Å². The Kier molecular flexibility index (Phi) is 5.37. The molecule has 0 spiro atoms. The summed E-state index contributed by atoms with van der Waals surface area (Å²) in [6, 6.07) is 6.34. The van der Waals surface area contributed by atoms with Gasteiger partial charge < -0.3 is 0 Å². The average molecular weight is 326 g/mol. The third kappa shape index (κ3) is 3.55. The molecule has 0 N–H and O–H groups in total. The third-order valence-electron chi connectivity index (χ3n) is 5.76. The van der Waals surface area contributed by atoms with Crippen LogP contribution >= 0.6 is 0 Å². The van der Waals surface area contributed by atoms with Gasteiger partial charge in [0.05, 0.1) is 11.2 Å². The van der Waals surface area contributed by atoms with Gasteiger partial charge in [0.25, 0.3) is 0 Å². The van der Waals surface area contributed by atoms with Crippen LogP contribution in [-0.4, -0.2) is 15.4 Å². The molecule has 1 aliphatic carbocycles. The van der Waals surface area contributed by atoms with Crippen molar-refractivity contribution in [2.45, 2.75) is 71.6 Å². The molecule has 2 aromatic rings. The zero-order valence-corrected chi connectivity index (χ0v) is 15.3. The Bertz CT molecular complexity index is 697. The summed E-state index contributed by atoms with van der Waals surface area (Å²) in [5.41, 5.74) is 4.01. The summed E-state index contributed by atoms with van der Waals surface area (Å²) in [4.78, 5) is 12.1. The number of aromatic nitrogens is 2. The van der Waals surface area contributed by atoms with Gasteiger partial charge in [-0.1, -0.05) is 33.3 Å². The predicted octanol–water partition coefficient (Wildman–Crippen LogP) is 5.18. The number of unbranched alkanes of at least 4 members (excludes halogenated alkanes) is 1. The first-order valence-electron chi connectivity index (χ1n) is 9.56. The maximum absolute atomic E-state index is 12.1. The van der Waals surface area contributed by atoms with E-state index in [9.17, 15) is 4.79 Å². The van der Waals surface area contributed by atoms with Crippen LogP contribution < -0.4 is 0 Å². The number of pyridine rings is 1. The zero-order chi connectivity index (χ0) is 17.1. The average Bonchev–Trinajstić information content (AvgIpc) is 2.87. The SMILES string of the molecule is CC(C)[C@H](C)C(=O)CCCCc1nn2ccccc2c1C1CCC1. The molecule has 130 valence electrons. The lowest BCUT2D eigenvalue weighted by molar-refractivity contribution is -0.123. The van der Waals surface area contributed by atoms with E-state index >= 15 is 0 Å². The summed E-state index contributed by atoms with van der Waals surface area (Å²) in [5, 5.41) is 4.83. The first-order chi connectivity index (χ1) is 11.6. The molecule has 0 radical (unpaired) electrons. The molecule has 0 aliphatic heterocycles. The van der Waals surface area contributed by atoms with Crippen LogP contribution in [0, 0.1) is 11.8 Å². The van der Waals surface area contributed by atoms with E-state index in [1.807, 2.05) is 10.6 Å². The van der Waals surface area contributed by atoms with Crippen molar-refractivity contribution < 1.29 is 4.79 Å². The Labute approximate surface area is 145 Å². The van der Waals surface area contributed by atoms with E-state index in [0.29, 0.717) is 24.0 Å². The van der Waals surface area contributed by atoms with Crippen molar-refractivity contribution >= 4 is 11.3 Å². The number of Topliss-reactive ketones (excluding diaryl/α,β-unsaturated/α-hetero) is 1. The number of carbonyl (C=O) groups is 1. The van der Waals surface area contributed by atoms with Crippen LogP contribution in [0.25, 0.3) is 5.52 Å². The molecular weight excluding hydrogens is 296 g/mol. The quantitative estimate of drug-likeness (QED) is 0.627. The highest BCUT2D eigenvalue weighted by Crippen LogP contribution is 2.40. The molecule has 2 aromatic heterocycles. The molecule has 0 aromatic carbocycles. The topological polar surface area (TPSA) is 34.4 Å². The maximum atomic E-state index is 12.1. The van der Waals surface area contributed by atoms with E-state index in [0.717, 1.165) is 19.3 Å². The molecule has 1 aliphatic rings. The van der Waals surface area contributed by atoms with E-state index in [-0.39, 0.29) is 5.92 Å². The second-order valence-corrected chi connectivity index (χ2v) is 7.72. The first-order valence-corrected chi connectivity index (χ1v) is 9.56. The lowest BCUT2D eigenvalue weighted by atomic mass is 9.79. The van der Waals surface area contributed by atoms with Crippen LogP contribution in [-0.2, 0) is 11.2 Å². The summed E-state index contributed by atoms with van der Waals surface area (Å²) in [7, 11) is 0. The fraction of sp³-hybridized carbons (Fsp3) is 0.619. The molecule has 3 heteroatoms. The van der Waals surface area contributed by atoms with Crippen molar-refractivity contribution in [3.63, 3.8) is 0 Å². The van der Waals surface area contributed by atoms with Gasteiger partial charge in [0, 0.05) is 24.1 Å². The Morgan fingerprint density at radius 2 is 2.04 bits per heavy atom. The Balaban J connectivity index is 1.62. The molecule has 24 heavy (non-hydrogen) atoms. The number of fused-ring (bicyclic) bond motifs is 1. The lowest BCUT2D eigenvalue weighted by Gasteiger charge is -2.26. The molecular formula is C21H30N2O. The molecule has 0 bridgehead atoms. The largest absolute Gasteiger partial charge is 0.299 e. The monoisotopic (exact) mass is 326 g/mol. The van der Waals surface area contributed by atoms with Gasteiger partial charge in [0.2, 0.25) is 0 Å². The molecule has 3 nitrogen and oxygen atoms in total. The first kappa shape index (κ1) is 17.2. The summed E-state index contributed by atoms with van der Waals surface area (Å²) in [6.07, 6.45) is 9.74. The molecule has 0 unspecified atom stereocenters. The fourth-order valence-electron chi connectivity index (χ4n) is 3.58. The zero-order valence-electron chi connectivity index (χ0n) is 15.3. The summed E-state index contributed by atoms with van der Waals surface area (Å²) >= 11 is 0. The summed E-state index contributed by atoms with van der Waals surface area (Å²) in [6.45, 7) is 6.32. The van der Waals surface area contributed by atoms with Gasteiger partial charge in [-0.25, -0.2) is 4.52 Å². The van der Waals surface area contributed by atoms with Gasteiger partial charge in [-0.3, -0.25) is 4.79 Å². The molecule has 1 saturated carbocycles. The van der Waals surface area contributed by atoms with Crippen LogP contribution in [0.2, 0.25) is 0 Å². The van der Waals surface area contributed by atoms with Crippen molar-refractivity contribution in [3.05, 3.63) is 35.7 Å². The van der Waals surface area contributed by atoms with E-state index < -0.39 is 0 Å². The third-order valence-corrected chi connectivity index (χ3v) is 5.76. The van der Waals surface area contributed by atoms with Gasteiger partial charge in [0.1, 0.15) is 5.78 Å². The van der Waals surface area contributed by atoms with Gasteiger partial charge in [0.15, 0.2) is 0 Å². The highest BCUT2D eigenvalue weighted by molar-refractivity contribution is 5.80. The molecule has 3 rings (SSSR count). The second-order valence-electron chi connectivity index (χ2n) is 7.72. The normalized spacial score (nSPS) is 16.5. The maximum Gasteiger partial charge on any atom is 0.135 e. The Morgan fingerprint density at radius 3 is 2.71 bits per heavy atom. The van der Waals surface area contributed by atoms with E-state index in [1.54, 1.807) is 0 Å². The number of carbonyl (C=O) groups excluding carboxylic acids is 1. The van der Waals surface area contributed by atoms with Gasteiger partial charge in [-0.05, 0) is 56.1 Å². The van der Waals surface area contributed by atoms with E-state index in [4.69, 9.17) is 5.10 Å². The highest BCUT2D eigenvalue weighted by atomic mass is 16.1. The van der Waals surface area contributed by atoms with Crippen LogP contribution in [0.1, 0.15) is 76.5 Å². The minimum Gasteiger partial charge on any atom is -0.299 e. The molecule has 1 atom stereocenters. The van der Waals surface area contributed by atoms with Crippen LogP contribution in [0.5, 0.6) is 0 Å². The number of ketones is 1. The van der Waals surface area contributed by atoms with Crippen molar-refractivity contribution in [1.82, 2.24) is 9.61 Å². The minimum atomic E-state index is 0.186. The summed E-state index contributed by atoms with van der Waals surface area (Å²) in [5.74, 6) is 1.74. The summed E-state index contributed by atoms with van der Waals surface area (Å²) < 4.78 is 2.04. The van der Waals surface area contributed by atoms with Crippen molar-refractivity contribution in [3.8, 4) is 0 Å². The molecule has 2 heterocycles. The fourth-order valence-corrected chi connectivity index (χ4v) is 3.58.